The summed E-state index contributed by atoms with van der Waals surface area (Å²) in [5.41, 5.74) is 6.47. The Morgan fingerprint density at radius 2 is 2.21 bits per heavy atom. The first kappa shape index (κ1) is 16.4. The summed E-state index contributed by atoms with van der Waals surface area (Å²) in [6, 6.07) is 7.78. The van der Waals surface area contributed by atoms with Gasteiger partial charge in [-0.2, -0.15) is 5.10 Å². The summed E-state index contributed by atoms with van der Waals surface area (Å²) in [4.78, 5) is 13.5. The lowest BCUT2D eigenvalue weighted by atomic mass is 9.94. The predicted octanol–water partition coefficient (Wildman–Crippen LogP) is 1.91. The Kier molecular flexibility index (Phi) is 5.10. The third-order valence-corrected chi connectivity index (χ3v) is 4.29. The highest BCUT2D eigenvalue weighted by molar-refractivity contribution is 5.90. The number of ether oxygens (including phenoxy) is 1. The van der Waals surface area contributed by atoms with E-state index in [9.17, 15) is 9.18 Å². The minimum Gasteiger partial charge on any atom is -0.492 e. The maximum absolute atomic E-state index is 12.9. The molecule has 0 bridgehead atoms. The van der Waals surface area contributed by atoms with E-state index in [1.54, 1.807) is 18.2 Å². The molecule has 7 heteroatoms. The number of piperidine rings is 1. The molecule has 3 rings (SSSR count). The normalized spacial score (nSPS) is 18.5. The van der Waals surface area contributed by atoms with Gasteiger partial charge in [-0.25, -0.2) is 4.39 Å². The van der Waals surface area contributed by atoms with Gasteiger partial charge in [0.1, 0.15) is 23.9 Å². The summed E-state index contributed by atoms with van der Waals surface area (Å²) in [6.45, 7) is 3.24. The van der Waals surface area contributed by atoms with Gasteiger partial charge in [0.2, 0.25) is 0 Å². The lowest BCUT2D eigenvalue weighted by molar-refractivity contribution is 0.0995. The van der Waals surface area contributed by atoms with E-state index >= 15 is 0 Å². The maximum Gasteiger partial charge on any atom is 0.269 e. The van der Waals surface area contributed by atoms with Crippen LogP contribution in [0.15, 0.2) is 30.3 Å². The van der Waals surface area contributed by atoms with Gasteiger partial charge < -0.3 is 10.5 Å². The number of hydrogen-bond acceptors (Lipinski definition) is 4. The molecule has 1 aromatic heterocycles. The largest absolute Gasteiger partial charge is 0.492 e. The molecule has 6 nitrogen and oxygen atoms in total. The van der Waals surface area contributed by atoms with Crippen LogP contribution in [0.25, 0.3) is 0 Å². The van der Waals surface area contributed by atoms with Crippen molar-refractivity contribution in [3.63, 3.8) is 0 Å². The third-order valence-electron chi connectivity index (χ3n) is 4.29. The Morgan fingerprint density at radius 1 is 1.42 bits per heavy atom. The van der Waals surface area contributed by atoms with Crippen LogP contribution in [0.2, 0.25) is 0 Å². The summed E-state index contributed by atoms with van der Waals surface area (Å²) in [5.74, 6) is 0.198. The number of carbonyl (C=O) groups excluding carboxylic acids is 1. The van der Waals surface area contributed by atoms with Crippen molar-refractivity contribution >= 4 is 5.91 Å². The second kappa shape index (κ2) is 7.44. The van der Waals surface area contributed by atoms with Crippen molar-refractivity contribution in [3.8, 4) is 5.75 Å². The first-order chi connectivity index (χ1) is 11.6. The predicted molar refractivity (Wildman–Crippen MR) is 87.4 cm³/mol. The molecule has 128 valence electrons. The van der Waals surface area contributed by atoms with Crippen molar-refractivity contribution in [3.05, 3.63) is 47.5 Å². The molecule has 1 fully saturated rings. The molecule has 1 aliphatic heterocycles. The minimum atomic E-state index is -0.516. The van der Waals surface area contributed by atoms with Crippen LogP contribution in [0.1, 0.15) is 34.9 Å². The number of amides is 1. The molecule has 0 unspecified atom stereocenters. The lowest BCUT2D eigenvalue weighted by Crippen LogP contribution is -2.37. The molecule has 1 saturated heterocycles. The number of primary amides is 1. The van der Waals surface area contributed by atoms with E-state index in [2.05, 4.69) is 15.1 Å². The molecular formula is C17H21FN4O2. The van der Waals surface area contributed by atoms with Crippen molar-refractivity contribution in [2.24, 2.45) is 5.73 Å². The van der Waals surface area contributed by atoms with Crippen molar-refractivity contribution < 1.29 is 13.9 Å². The molecule has 24 heavy (non-hydrogen) atoms. The number of H-pyrrole nitrogens is 1. The summed E-state index contributed by atoms with van der Waals surface area (Å²) in [7, 11) is 0. The maximum atomic E-state index is 12.9. The zero-order valence-electron chi connectivity index (χ0n) is 13.4. The van der Waals surface area contributed by atoms with Crippen LogP contribution in [-0.4, -0.2) is 47.2 Å². The smallest absolute Gasteiger partial charge is 0.269 e. The fourth-order valence-electron chi connectivity index (χ4n) is 3.01. The average Bonchev–Trinajstić information content (AvgIpc) is 3.07. The minimum absolute atomic E-state index is 0.267. The standard InChI is InChI=1S/C17H21FN4O2/c18-13-3-5-14(6-4-13)24-9-8-22-7-1-2-12(11-22)15-10-16(17(19)23)21-20-15/h3-6,10,12H,1-2,7-9,11H2,(H2,19,23)(H,20,21)/t12-/m1/s1. The highest BCUT2D eigenvalue weighted by Crippen LogP contribution is 2.25. The topological polar surface area (TPSA) is 84.2 Å². The highest BCUT2D eigenvalue weighted by Gasteiger charge is 2.23. The Balaban J connectivity index is 1.49. The van der Waals surface area contributed by atoms with E-state index in [1.807, 2.05) is 0 Å². The molecule has 1 amide bonds. The molecule has 0 radical (unpaired) electrons. The molecule has 0 saturated carbocycles. The molecule has 2 aromatic rings. The van der Waals surface area contributed by atoms with Gasteiger partial charge in [-0.15, -0.1) is 0 Å². The fraction of sp³-hybridized carbons (Fsp3) is 0.412. The molecule has 0 spiro atoms. The van der Waals surface area contributed by atoms with Gasteiger partial charge in [-0.05, 0) is 49.7 Å². The van der Waals surface area contributed by atoms with E-state index in [1.165, 1.54) is 12.1 Å². The zero-order valence-corrected chi connectivity index (χ0v) is 13.4. The number of aromatic nitrogens is 2. The second-order valence-corrected chi connectivity index (χ2v) is 6.01. The lowest BCUT2D eigenvalue weighted by Gasteiger charge is -2.32. The Labute approximate surface area is 139 Å². The van der Waals surface area contributed by atoms with Crippen molar-refractivity contribution in [1.29, 1.82) is 0 Å². The van der Waals surface area contributed by atoms with E-state index in [0.29, 0.717) is 18.3 Å². The van der Waals surface area contributed by atoms with Gasteiger partial charge in [0.05, 0.1) is 0 Å². The van der Waals surface area contributed by atoms with Crippen LogP contribution >= 0.6 is 0 Å². The van der Waals surface area contributed by atoms with Crippen LogP contribution in [0, 0.1) is 5.82 Å². The average molecular weight is 332 g/mol. The number of nitrogens with zero attached hydrogens (tertiary/aromatic N) is 2. The summed E-state index contributed by atoms with van der Waals surface area (Å²) >= 11 is 0. The summed E-state index contributed by atoms with van der Waals surface area (Å²) < 4.78 is 18.5. The quantitative estimate of drug-likeness (QED) is 0.846. The van der Waals surface area contributed by atoms with E-state index in [4.69, 9.17) is 10.5 Å². The molecule has 1 aliphatic rings. The molecule has 1 atom stereocenters. The van der Waals surface area contributed by atoms with Crippen molar-refractivity contribution in [1.82, 2.24) is 15.1 Å². The Hall–Kier alpha value is -2.41. The first-order valence-electron chi connectivity index (χ1n) is 8.07. The number of aromatic amines is 1. The molecule has 1 aromatic carbocycles. The fourth-order valence-corrected chi connectivity index (χ4v) is 3.01. The number of benzene rings is 1. The first-order valence-corrected chi connectivity index (χ1v) is 8.07. The monoisotopic (exact) mass is 332 g/mol. The number of likely N-dealkylation sites (tertiary alicyclic amines) is 1. The number of halogens is 1. The van der Waals surface area contributed by atoms with Gasteiger partial charge in [-0.3, -0.25) is 14.8 Å². The van der Waals surface area contributed by atoms with Gasteiger partial charge in [0.25, 0.3) is 5.91 Å². The van der Waals surface area contributed by atoms with E-state index in [0.717, 1.165) is 38.2 Å². The SMILES string of the molecule is NC(=O)c1cc([C@@H]2CCCN(CCOc3ccc(F)cc3)C2)[nH]n1. The van der Waals surface area contributed by atoms with Gasteiger partial charge >= 0.3 is 0 Å². The molecule has 3 N–H and O–H groups in total. The zero-order chi connectivity index (χ0) is 16.9. The third kappa shape index (κ3) is 4.11. The van der Waals surface area contributed by atoms with Crippen LogP contribution in [-0.2, 0) is 0 Å². The van der Waals surface area contributed by atoms with Crippen LogP contribution in [0.3, 0.4) is 0 Å². The molecule has 0 aliphatic carbocycles. The summed E-state index contributed by atoms with van der Waals surface area (Å²) in [5, 5.41) is 6.87. The summed E-state index contributed by atoms with van der Waals surface area (Å²) in [6.07, 6.45) is 2.13. The number of hydrogen-bond donors (Lipinski definition) is 2. The number of nitrogens with two attached hydrogens (primary N) is 1. The Bertz CT molecular complexity index is 686. The van der Waals surface area contributed by atoms with Crippen molar-refractivity contribution in [2.45, 2.75) is 18.8 Å². The van der Waals surface area contributed by atoms with Gasteiger partial charge in [0.15, 0.2) is 0 Å². The highest BCUT2D eigenvalue weighted by atomic mass is 19.1. The van der Waals surface area contributed by atoms with Gasteiger partial charge in [0, 0.05) is 24.7 Å². The van der Waals surface area contributed by atoms with E-state index < -0.39 is 5.91 Å². The Morgan fingerprint density at radius 3 is 2.92 bits per heavy atom. The number of rotatable bonds is 6. The molecular weight excluding hydrogens is 311 g/mol. The van der Waals surface area contributed by atoms with Crippen LogP contribution in [0.5, 0.6) is 5.75 Å². The van der Waals surface area contributed by atoms with Crippen LogP contribution in [0.4, 0.5) is 4.39 Å². The molecule has 2 heterocycles. The van der Waals surface area contributed by atoms with Gasteiger partial charge in [-0.1, -0.05) is 0 Å². The second-order valence-electron chi connectivity index (χ2n) is 6.01. The number of carbonyl (C=O) groups is 1. The van der Waals surface area contributed by atoms with Crippen LogP contribution < -0.4 is 10.5 Å². The van der Waals surface area contributed by atoms with E-state index in [-0.39, 0.29) is 11.5 Å². The van der Waals surface area contributed by atoms with Crippen molar-refractivity contribution in [2.75, 3.05) is 26.2 Å². The number of nitrogens with one attached hydrogen (secondary N) is 1.